The summed E-state index contributed by atoms with van der Waals surface area (Å²) in [5.41, 5.74) is 1.58. The maximum absolute atomic E-state index is 12.4. The largest absolute Gasteiger partial charge is 0.497 e. The minimum absolute atomic E-state index is 0.0849. The molecule has 0 bridgehead atoms. The molecular formula is C18H19N3O3S2. The molecule has 1 unspecified atom stereocenters. The van der Waals surface area contributed by atoms with Crippen molar-refractivity contribution in [3.63, 3.8) is 0 Å². The zero-order valence-electron chi connectivity index (χ0n) is 14.7. The molecular weight excluding hydrogens is 370 g/mol. The van der Waals surface area contributed by atoms with Gasteiger partial charge in [-0.3, -0.25) is 14.2 Å². The van der Waals surface area contributed by atoms with Gasteiger partial charge >= 0.3 is 0 Å². The number of aromatic nitrogens is 2. The molecule has 0 spiro atoms. The third-order valence-electron chi connectivity index (χ3n) is 3.92. The summed E-state index contributed by atoms with van der Waals surface area (Å²) in [5.74, 6) is 0.672. The van der Waals surface area contributed by atoms with Gasteiger partial charge in [-0.15, -0.1) is 11.3 Å². The fourth-order valence-electron chi connectivity index (χ4n) is 2.36. The number of rotatable bonds is 6. The van der Waals surface area contributed by atoms with Gasteiger partial charge in [0.2, 0.25) is 5.91 Å². The van der Waals surface area contributed by atoms with E-state index >= 15 is 0 Å². The molecule has 3 aromatic rings. The molecule has 0 aliphatic heterocycles. The first kappa shape index (κ1) is 18.5. The van der Waals surface area contributed by atoms with Crippen LogP contribution in [-0.4, -0.2) is 27.8 Å². The van der Waals surface area contributed by atoms with Crippen LogP contribution in [0.5, 0.6) is 5.75 Å². The van der Waals surface area contributed by atoms with Crippen molar-refractivity contribution in [2.75, 3.05) is 7.11 Å². The normalized spacial score (nSPS) is 12.1. The van der Waals surface area contributed by atoms with Crippen molar-refractivity contribution in [1.29, 1.82) is 0 Å². The lowest BCUT2D eigenvalue weighted by atomic mass is 10.2. The molecule has 1 aromatic carbocycles. The van der Waals surface area contributed by atoms with Gasteiger partial charge < -0.3 is 10.1 Å². The number of nitrogens with one attached hydrogen (secondary N) is 1. The number of fused-ring (bicyclic) bond motifs is 1. The minimum atomic E-state index is -0.373. The van der Waals surface area contributed by atoms with Gasteiger partial charge in [-0.05, 0) is 36.1 Å². The van der Waals surface area contributed by atoms with Gasteiger partial charge in [0.1, 0.15) is 10.4 Å². The van der Waals surface area contributed by atoms with Crippen LogP contribution in [0.15, 0.2) is 45.7 Å². The third kappa shape index (κ3) is 3.91. The molecule has 1 atom stereocenters. The second-order valence-electron chi connectivity index (χ2n) is 5.72. The lowest BCUT2D eigenvalue weighted by Crippen LogP contribution is -2.31. The van der Waals surface area contributed by atoms with Crippen LogP contribution in [0.25, 0.3) is 10.2 Å². The molecule has 8 heteroatoms. The Hall–Kier alpha value is -2.32. The summed E-state index contributed by atoms with van der Waals surface area (Å²) in [6.07, 6.45) is 0. The van der Waals surface area contributed by atoms with Crippen LogP contribution in [0.4, 0.5) is 0 Å². The topological polar surface area (TPSA) is 73.2 Å². The highest BCUT2D eigenvalue weighted by atomic mass is 32.2. The van der Waals surface area contributed by atoms with E-state index < -0.39 is 0 Å². The van der Waals surface area contributed by atoms with E-state index in [-0.39, 0.29) is 16.7 Å². The average molecular weight is 390 g/mol. The molecule has 136 valence electrons. The van der Waals surface area contributed by atoms with Crippen LogP contribution >= 0.6 is 23.1 Å². The molecule has 1 N–H and O–H groups in total. The highest BCUT2D eigenvalue weighted by molar-refractivity contribution is 8.00. The van der Waals surface area contributed by atoms with Crippen LogP contribution in [0.2, 0.25) is 0 Å². The van der Waals surface area contributed by atoms with Crippen molar-refractivity contribution >= 4 is 39.2 Å². The smallest absolute Gasteiger partial charge is 0.271 e. The summed E-state index contributed by atoms with van der Waals surface area (Å²) in [4.78, 5) is 29.2. The number of carbonyl (C=O) groups excluding carboxylic acids is 1. The molecule has 26 heavy (non-hydrogen) atoms. The van der Waals surface area contributed by atoms with Crippen LogP contribution in [0.3, 0.4) is 0 Å². The fourth-order valence-corrected chi connectivity index (χ4v) is 4.07. The van der Waals surface area contributed by atoms with Crippen molar-refractivity contribution in [2.45, 2.75) is 23.9 Å². The molecule has 2 heterocycles. The lowest BCUT2D eigenvalue weighted by molar-refractivity contribution is -0.120. The Morgan fingerprint density at radius 1 is 1.35 bits per heavy atom. The van der Waals surface area contributed by atoms with Crippen LogP contribution in [0.1, 0.15) is 12.5 Å². The van der Waals surface area contributed by atoms with E-state index in [9.17, 15) is 9.59 Å². The van der Waals surface area contributed by atoms with E-state index in [0.717, 1.165) is 11.3 Å². The van der Waals surface area contributed by atoms with E-state index in [0.29, 0.717) is 21.9 Å². The number of thioether (sulfide) groups is 1. The summed E-state index contributed by atoms with van der Waals surface area (Å²) in [5, 5.41) is 4.92. The number of carbonyl (C=O) groups is 1. The lowest BCUT2D eigenvalue weighted by Gasteiger charge is -2.13. The number of methoxy groups -OCH3 is 1. The zero-order chi connectivity index (χ0) is 18.7. The summed E-state index contributed by atoms with van der Waals surface area (Å²) in [6, 6.07) is 9.35. The number of thiophene rings is 1. The maximum atomic E-state index is 12.4. The summed E-state index contributed by atoms with van der Waals surface area (Å²) >= 11 is 2.65. The molecule has 0 saturated heterocycles. The molecule has 0 aliphatic carbocycles. The molecule has 3 rings (SSSR count). The number of ether oxygens (including phenoxy) is 1. The molecule has 0 fully saturated rings. The standard InChI is InChI=1S/C18H19N3O3S2/c1-11(16(22)19-10-12-4-6-13(24-3)7-5-12)26-18-20-14-8-9-25-15(14)17(23)21(18)2/h4-9,11H,10H2,1-3H3,(H,19,22). The second kappa shape index (κ2) is 7.92. The van der Waals surface area contributed by atoms with E-state index in [4.69, 9.17) is 4.74 Å². The van der Waals surface area contributed by atoms with Crippen molar-refractivity contribution in [1.82, 2.24) is 14.9 Å². The molecule has 0 radical (unpaired) electrons. The Balaban J connectivity index is 1.65. The maximum Gasteiger partial charge on any atom is 0.271 e. The van der Waals surface area contributed by atoms with Crippen molar-refractivity contribution in [2.24, 2.45) is 7.05 Å². The van der Waals surface area contributed by atoms with Gasteiger partial charge in [0.15, 0.2) is 5.16 Å². The van der Waals surface area contributed by atoms with Crippen LogP contribution < -0.4 is 15.6 Å². The van der Waals surface area contributed by atoms with Gasteiger partial charge in [-0.2, -0.15) is 0 Å². The van der Waals surface area contributed by atoms with E-state index in [1.165, 1.54) is 27.7 Å². The van der Waals surface area contributed by atoms with Gasteiger partial charge in [-0.1, -0.05) is 23.9 Å². The van der Waals surface area contributed by atoms with Crippen molar-refractivity contribution < 1.29 is 9.53 Å². The quantitative estimate of drug-likeness (QED) is 0.518. The number of hydrogen-bond donors (Lipinski definition) is 1. The Bertz CT molecular complexity index is 980. The Morgan fingerprint density at radius 2 is 2.08 bits per heavy atom. The zero-order valence-corrected chi connectivity index (χ0v) is 16.3. The Labute approximate surface area is 159 Å². The third-order valence-corrected chi connectivity index (χ3v) is 5.96. The predicted octanol–water partition coefficient (Wildman–Crippen LogP) is 2.80. The van der Waals surface area contributed by atoms with Gasteiger partial charge in [0.25, 0.3) is 5.56 Å². The number of amides is 1. The summed E-state index contributed by atoms with van der Waals surface area (Å²) < 4.78 is 7.25. The first-order valence-electron chi connectivity index (χ1n) is 8.01. The Kier molecular flexibility index (Phi) is 5.63. The van der Waals surface area contributed by atoms with Gasteiger partial charge in [0, 0.05) is 13.6 Å². The van der Waals surface area contributed by atoms with Crippen LogP contribution in [0, 0.1) is 0 Å². The summed E-state index contributed by atoms with van der Waals surface area (Å²) in [7, 11) is 3.29. The number of nitrogens with zero attached hydrogens (tertiary/aromatic N) is 2. The first-order chi connectivity index (χ1) is 12.5. The Morgan fingerprint density at radius 3 is 2.77 bits per heavy atom. The van der Waals surface area contributed by atoms with E-state index in [1.807, 2.05) is 35.7 Å². The van der Waals surface area contributed by atoms with E-state index in [2.05, 4.69) is 10.3 Å². The van der Waals surface area contributed by atoms with Crippen molar-refractivity contribution in [3.8, 4) is 5.75 Å². The summed E-state index contributed by atoms with van der Waals surface area (Å²) in [6.45, 7) is 2.24. The number of benzene rings is 1. The molecule has 6 nitrogen and oxygen atoms in total. The molecule has 0 aliphatic rings. The average Bonchev–Trinajstić information content (AvgIpc) is 3.12. The SMILES string of the molecule is COc1ccc(CNC(=O)C(C)Sc2nc3ccsc3c(=O)n2C)cc1. The highest BCUT2D eigenvalue weighted by Gasteiger charge is 2.18. The van der Waals surface area contributed by atoms with Gasteiger partial charge in [-0.25, -0.2) is 4.98 Å². The number of hydrogen-bond acceptors (Lipinski definition) is 6. The van der Waals surface area contributed by atoms with Crippen LogP contribution in [-0.2, 0) is 18.4 Å². The van der Waals surface area contributed by atoms with Gasteiger partial charge in [0.05, 0.1) is 17.9 Å². The fraction of sp³-hybridized carbons (Fsp3) is 0.278. The predicted molar refractivity (Wildman–Crippen MR) is 105 cm³/mol. The molecule has 1 amide bonds. The first-order valence-corrected chi connectivity index (χ1v) is 9.77. The monoisotopic (exact) mass is 389 g/mol. The highest BCUT2D eigenvalue weighted by Crippen LogP contribution is 2.23. The molecule has 2 aromatic heterocycles. The van der Waals surface area contributed by atoms with E-state index in [1.54, 1.807) is 21.1 Å². The molecule has 0 saturated carbocycles. The minimum Gasteiger partial charge on any atom is -0.497 e. The van der Waals surface area contributed by atoms with Crippen molar-refractivity contribution in [3.05, 3.63) is 51.6 Å². The second-order valence-corrected chi connectivity index (χ2v) is 7.94.